The molecule has 11 heteroatoms. The molecule has 1 aromatic carbocycles. The van der Waals surface area contributed by atoms with E-state index in [2.05, 4.69) is 31.3 Å². The first-order chi connectivity index (χ1) is 11.4. The third-order valence-corrected chi connectivity index (χ3v) is 3.44. The molecule has 0 saturated heterocycles. The third-order valence-electron chi connectivity index (χ3n) is 2.78. The topological polar surface area (TPSA) is 111 Å². The van der Waals surface area contributed by atoms with Crippen LogP contribution in [0.3, 0.4) is 0 Å². The van der Waals surface area contributed by atoms with Crippen LogP contribution in [0.15, 0.2) is 16.6 Å². The number of alkyl halides is 2. The van der Waals surface area contributed by atoms with Crippen LogP contribution < -0.4 is 10.6 Å². The zero-order valence-electron chi connectivity index (χ0n) is 13.6. The molecule has 1 amide bonds. The minimum atomic E-state index is -2.74. The van der Waals surface area contributed by atoms with Gasteiger partial charge in [-0.05, 0) is 48.8 Å². The van der Waals surface area contributed by atoms with Crippen LogP contribution in [0.5, 0.6) is 0 Å². The molecule has 8 nitrogen and oxygen atoms in total. The van der Waals surface area contributed by atoms with Gasteiger partial charge >= 0.3 is 17.7 Å². The van der Waals surface area contributed by atoms with E-state index in [4.69, 9.17) is 0 Å². The van der Waals surface area contributed by atoms with E-state index in [1.807, 2.05) is 0 Å². The number of ether oxygens (including phenoxy) is 1. The Morgan fingerprint density at radius 1 is 1.36 bits per heavy atom. The van der Waals surface area contributed by atoms with Crippen molar-refractivity contribution in [1.82, 2.24) is 0 Å². The smallest absolute Gasteiger partial charge is 0.376 e. The van der Waals surface area contributed by atoms with Gasteiger partial charge in [0.25, 0.3) is 6.43 Å². The fourth-order valence-corrected chi connectivity index (χ4v) is 2.04. The number of carbonyl (C=O) groups excluding carboxylic acids is 2. The van der Waals surface area contributed by atoms with Crippen LogP contribution in [-0.4, -0.2) is 30.0 Å². The van der Waals surface area contributed by atoms with Crippen LogP contribution in [0.25, 0.3) is 0 Å². The highest BCUT2D eigenvalue weighted by atomic mass is 79.9. The Morgan fingerprint density at radius 2 is 1.96 bits per heavy atom. The molecule has 0 spiro atoms. The first-order valence-electron chi connectivity index (χ1n) is 6.95. The molecule has 1 aromatic rings. The fraction of sp³-hybridized carbons (Fsp3) is 0.429. The number of anilines is 2. The second-order valence-corrected chi connectivity index (χ2v) is 6.75. The van der Waals surface area contributed by atoms with E-state index >= 15 is 0 Å². The molecule has 0 bridgehead atoms. The molecule has 2 N–H and O–H groups in total. The molecule has 138 valence electrons. The Hall–Kier alpha value is -2.30. The van der Waals surface area contributed by atoms with Crippen molar-refractivity contribution >= 4 is 45.1 Å². The third kappa shape index (κ3) is 5.93. The second kappa shape index (κ2) is 8.19. The normalized spacial score (nSPS) is 11.2. The van der Waals surface area contributed by atoms with Crippen LogP contribution in [0, 0.1) is 15.5 Å². The summed E-state index contributed by atoms with van der Waals surface area (Å²) >= 11 is 3.02. The zero-order chi connectivity index (χ0) is 19.4. The number of carbonyl (C=O) groups is 2. The predicted molar refractivity (Wildman–Crippen MR) is 89.9 cm³/mol. The minimum absolute atomic E-state index is 0.157. The maximum Gasteiger partial charge on any atom is 0.419 e. The van der Waals surface area contributed by atoms with Gasteiger partial charge in [0.05, 0.1) is 16.9 Å². The standard InChI is InChI=1S/C14H16BrF2N3O5/c1-14(2,3)12(21)25-13(22)19-8-5-4-7(15)10(11(8)20(23)24)18-6-9(16)17/h4-5,9,18H,6H2,1-3H3,(H,19,22). The Labute approximate surface area is 150 Å². The van der Waals surface area contributed by atoms with Crippen LogP contribution in [0.1, 0.15) is 20.8 Å². The van der Waals surface area contributed by atoms with Crippen LogP contribution in [-0.2, 0) is 9.53 Å². The number of nitrogens with one attached hydrogen (secondary N) is 2. The highest BCUT2D eigenvalue weighted by Gasteiger charge is 2.28. The van der Waals surface area contributed by atoms with Gasteiger partial charge in [0, 0.05) is 4.47 Å². The summed E-state index contributed by atoms with van der Waals surface area (Å²) in [7, 11) is 0. The average Bonchev–Trinajstić information content (AvgIpc) is 2.45. The minimum Gasteiger partial charge on any atom is -0.376 e. The van der Waals surface area contributed by atoms with Crippen molar-refractivity contribution in [3.8, 4) is 0 Å². The Bertz CT molecular complexity index is 692. The summed E-state index contributed by atoms with van der Waals surface area (Å²) in [5.41, 5.74) is -2.13. The van der Waals surface area contributed by atoms with Crippen molar-refractivity contribution in [2.24, 2.45) is 5.41 Å². The zero-order valence-corrected chi connectivity index (χ0v) is 15.1. The first kappa shape index (κ1) is 20.7. The first-order valence-corrected chi connectivity index (χ1v) is 7.75. The van der Waals surface area contributed by atoms with Gasteiger partial charge in [-0.2, -0.15) is 0 Å². The van der Waals surface area contributed by atoms with Gasteiger partial charge in [0.15, 0.2) is 0 Å². The monoisotopic (exact) mass is 423 g/mol. The lowest BCUT2D eigenvalue weighted by Gasteiger charge is -2.16. The number of rotatable bonds is 5. The summed E-state index contributed by atoms with van der Waals surface area (Å²) in [4.78, 5) is 33.9. The summed E-state index contributed by atoms with van der Waals surface area (Å²) in [6.07, 6.45) is -3.96. The molecule has 0 aromatic heterocycles. The number of halogens is 3. The number of hydrogen-bond acceptors (Lipinski definition) is 6. The average molecular weight is 424 g/mol. The van der Waals surface area contributed by atoms with Crippen LogP contribution >= 0.6 is 15.9 Å². The van der Waals surface area contributed by atoms with E-state index in [9.17, 15) is 28.5 Å². The number of benzene rings is 1. The van der Waals surface area contributed by atoms with Gasteiger partial charge in [-0.3, -0.25) is 20.2 Å². The molecule has 0 aliphatic heterocycles. The molecule has 0 atom stereocenters. The SMILES string of the molecule is CC(C)(C)C(=O)OC(=O)Nc1ccc(Br)c(NCC(F)F)c1[N+](=O)[O-]. The van der Waals surface area contributed by atoms with Crippen molar-refractivity contribution in [2.45, 2.75) is 27.2 Å². The lowest BCUT2D eigenvalue weighted by Crippen LogP contribution is -2.28. The Balaban J connectivity index is 3.11. The number of esters is 1. The maximum absolute atomic E-state index is 12.4. The van der Waals surface area contributed by atoms with Crippen molar-refractivity contribution in [3.05, 3.63) is 26.7 Å². The molecule has 0 fully saturated rings. The summed E-state index contributed by atoms with van der Waals surface area (Å²) in [6, 6.07) is 2.50. The fourth-order valence-electron chi connectivity index (χ4n) is 1.58. The Morgan fingerprint density at radius 3 is 2.44 bits per heavy atom. The van der Waals surface area contributed by atoms with Gasteiger partial charge in [0.2, 0.25) is 0 Å². The molecular formula is C14H16BrF2N3O5. The summed E-state index contributed by atoms with van der Waals surface area (Å²) in [6.45, 7) is 3.75. The van der Waals surface area contributed by atoms with E-state index in [0.717, 1.165) is 0 Å². The molecule has 0 unspecified atom stereocenters. The van der Waals surface area contributed by atoms with Gasteiger partial charge in [-0.25, -0.2) is 13.6 Å². The Kier molecular flexibility index (Phi) is 6.79. The molecule has 0 saturated carbocycles. The van der Waals surface area contributed by atoms with Crippen LogP contribution in [0.4, 0.5) is 30.6 Å². The molecule has 0 radical (unpaired) electrons. The van der Waals surface area contributed by atoms with E-state index in [0.29, 0.717) is 0 Å². The lowest BCUT2D eigenvalue weighted by molar-refractivity contribution is -0.383. The van der Waals surface area contributed by atoms with Crippen molar-refractivity contribution in [3.63, 3.8) is 0 Å². The quantitative estimate of drug-likeness (QED) is 0.318. The highest BCUT2D eigenvalue weighted by Crippen LogP contribution is 2.39. The lowest BCUT2D eigenvalue weighted by atomic mass is 9.98. The van der Waals surface area contributed by atoms with Gasteiger partial charge in [0.1, 0.15) is 11.4 Å². The molecular weight excluding hydrogens is 408 g/mol. The second-order valence-electron chi connectivity index (χ2n) is 5.90. The molecule has 0 aliphatic carbocycles. The molecule has 25 heavy (non-hydrogen) atoms. The highest BCUT2D eigenvalue weighted by molar-refractivity contribution is 9.10. The predicted octanol–water partition coefficient (Wildman–Crippen LogP) is 4.16. The van der Waals surface area contributed by atoms with E-state index in [1.165, 1.54) is 32.9 Å². The van der Waals surface area contributed by atoms with Crippen molar-refractivity contribution in [2.75, 3.05) is 17.2 Å². The van der Waals surface area contributed by atoms with E-state index in [-0.39, 0.29) is 15.8 Å². The van der Waals surface area contributed by atoms with Crippen LogP contribution in [0.2, 0.25) is 0 Å². The number of nitro benzene ring substituents is 1. The van der Waals surface area contributed by atoms with Crippen molar-refractivity contribution in [1.29, 1.82) is 0 Å². The maximum atomic E-state index is 12.4. The molecule has 0 aliphatic rings. The number of nitro groups is 1. The van der Waals surface area contributed by atoms with E-state index < -0.39 is 41.1 Å². The summed E-state index contributed by atoms with van der Waals surface area (Å²) < 4.78 is 29.5. The van der Waals surface area contributed by atoms with Crippen molar-refractivity contribution < 1.29 is 28.0 Å². The van der Waals surface area contributed by atoms with Gasteiger partial charge < -0.3 is 10.1 Å². The molecule has 0 heterocycles. The molecule has 1 rings (SSSR count). The summed E-state index contributed by atoms with van der Waals surface area (Å²) in [5, 5.41) is 15.6. The van der Waals surface area contributed by atoms with Gasteiger partial charge in [-0.15, -0.1) is 0 Å². The van der Waals surface area contributed by atoms with Gasteiger partial charge in [-0.1, -0.05) is 0 Å². The largest absolute Gasteiger partial charge is 0.419 e. The number of hydrogen-bond donors (Lipinski definition) is 2. The summed E-state index contributed by atoms with van der Waals surface area (Å²) in [5.74, 6) is -0.833. The number of nitrogens with zero attached hydrogens (tertiary/aromatic N) is 1. The number of amides is 1. The van der Waals surface area contributed by atoms with E-state index in [1.54, 1.807) is 0 Å².